The molecule has 4 unspecified atom stereocenters. The van der Waals surface area contributed by atoms with Gasteiger partial charge in [0.25, 0.3) is 0 Å². The Morgan fingerprint density at radius 1 is 0.708 bits per heavy atom. The van der Waals surface area contributed by atoms with Crippen LogP contribution in [0.15, 0.2) is 24.8 Å². The highest BCUT2D eigenvalue weighted by Gasteiger charge is 2.34. The van der Waals surface area contributed by atoms with Crippen molar-refractivity contribution in [2.24, 2.45) is 0 Å². The molecule has 0 aliphatic rings. The molecule has 0 spiro atoms. The van der Waals surface area contributed by atoms with Crippen LogP contribution >= 0.6 is 23.5 Å². The molecule has 23 heteroatoms. The number of aromatic nitrogens is 4. The highest BCUT2D eigenvalue weighted by atomic mass is 32.2. The molecule has 48 heavy (non-hydrogen) atoms. The number of rotatable bonds is 18. The molecule has 2 heterocycles. The number of amides is 2. The average Bonchev–Trinajstić information content (AvgIpc) is 2.93. The first-order valence-electron chi connectivity index (χ1n) is 13.1. The molecule has 0 radical (unpaired) electrons. The Balaban J connectivity index is 2.43. The van der Waals surface area contributed by atoms with Gasteiger partial charge in [-0.2, -0.15) is 0 Å². The third kappa shape index (κ3) is 15.0. The van der Waals surface area contributed by atoms with E-state index in [-0.39, 0.29) is 11.4 Å². The number of ether oxygens (including phenoxy) is 2. The number of carbonyl (C=O) groups is 5. The van der Waals surface area contributed by atoms with Gasteiger partial charge in [0.2, 0.25) is 23.6 Å². The van der Waals surface area contributed by atoms with Gasteiger partial charge in [0.1, 0.15) is 17.9 Å². The lowest BCUT2D eigenvalue weighted by molar-refractivity contribution is -0.277. The highest BCUT2D eigenvalue weighted by Crippen LogP contribution is 2.37. The molecular formula is C25H26F6N6O9S2. The summed E-state index contributed by atoms with van der Waals surface area (Å²) in [6, 6.07) is -2.99. The van der Waals surface area contributed by atoms with Gasteiger partial charge in [0.15, 0.2) is 0 Å². The predicted octanol–water partition coefficient (Wildman–Crippen LogP) is 2.84. The van der Waals surface area contributed by atoms with Crippen LogP contribution in [-0.4, -0.2) is 96.0 Å². The zero-order valence-corrected chi connectivity index (χ0v) is 26.2. The largest absolute Gasteiger partial charge is 0.574 e. The van der Waals surface area contributed by atoms with Crippen molar-refractivity contribution in [1.82, 2.24) is 30.6 Å². The van der Waals surface area contributed by atoms with Crippen LogP contribution in [0, 0.1) is 0 Å². The summed E-state index contributed by atoms with van der Waals surface area (Å²) in [4.78, 5) is 74.3. The maximum atomic E-state index is 13.4. The van der Waals surface area contributed by atoms with Crippen LogP contribution in [0.1, 0.15) is 48.6 Å². The lowest BCUT2D eigenvalue weighted by Crippen LogP contribution is -2.41. The molecule has 0 saturated heterocycles. The molecule has 2 amide bonds. The summed E-state index contributed by atoms with van der Waals surface area (Å²) in [5.41, 5.74) is -0.522. The Bertz CT molecular complexity index is 1360. The highest BCUT2D eigenvalue weighted by molar-refractivity contribution is 7.99. The third-order valence-corrected chi connectivity index (χ3v) is 8.14. The van der Waals surface area contributed by atoms with E-state index in [0.717, 1.165) is 26.2 Å². The van der Waals surface area contributed by atoms with E-state index in [9.17, 15) is 60.5 Å². The SMILES string of the molecule is CC(=O)NC(CSC(CC(=O)CC(SCC(NC(C)=O)C(=O)O)c1cncc(OC(F)(F)F)n1)c1cncc(OC(F)(F)F)n1)C(=O)O. The fourth-order valence-electron chi connectivity index (χ4n) is 3.63. The Labute approximate surface area is 275 Å². The number of hydrogen-bond acceptors (Lipinski definition) is 13. The number of nitrogens with one attached hydrogen (secondary N) is 2. The number of carboxylic acid groups (broad SMARTS) is 2. The maximum Gasteiger partial charge on any atom is 0.574 e. The lowest BCUT2D eigenvalue weighted by Gasteiger charge is -2.22. The summed E-state index contributed by atoms with van der Waals surface area (Å²) < 4.78 is 84.5. The normalized spacial score (nSPS) is 14.2. The molecular weight excluding hydrogens is 706 g/mol. The number of carbonyl (C=O) groups excluding carboxylic acids is 3. The molecule has 0 saturated carbocycles. The van der Waals surface area contributed by atoms with Crippen molar-refractivity contribution in [3.05, 3.63) is 36.2 Å². The number of thioether (sulfide) groups is 2. The summed E-state index contributed by atoms with van der Waals surface area (Å²) in [5, 5.41) is 20.8. The van der Waals surface area contributed by atoms with Crippen LogP contribution < -0.4 is 20.1 Å². The van der Waals surface area contributed by atoms with Gasteiger partial charge in [0.05, 0.1) is 34.3 Å². The van der Waals surface area contributed by atoms with E-state index in [1.807, 2.05) is 0 Å². The van der Waals surface area contributed by atoms with E-state index in [1.165, 1.54) is 0 Å². The summed E-state index contributed by atoms with van der Waals surface area (Å²) in [6.45, 7) is 2.09. The van der Waals surface area contributed by atoms with Crippen LogP contribution in [0.3, 0.4) is 0 Å². The summed E-state index contributed by atoms with van der Waals surface area (Å²) in [5.74, 6) is -7.91. The van der Waals surface area contributed by atoms with E-state index < -0.39 is 101 Å². The molecule has 15 nitrogen and oxygen atoms in total. The summed E-state index contributed by atoms with van der Waals surface area (Å²) in [7, 11) is 0. The quantitative estimate of drug-likeness (QED) is 0.162. The van der Waals surface area contributed by atoms with Crippen LogP contribution in [-0.2, 0) is 24.0 Å². The molecule has 2 aromatic heterocycles. The molecule has 0 aromatic carbocycles. The smallest absolute Gasteiger partial charge is 0.480 e. The van der Waals surface area contributed by atoms with Gasteiger partial charge >= 0.3 is 24.7 Å². The standard InChI is InChI=1S/C25H26F6N6O9S2/c1-11(38)34-16(22(41)42)9-47-18(14-5-32-7-20(36-14)45-24(26,27)28)3-13(40)4-19(48-10-17(23(43)44)35-12(2)39)15-6-33-8-21(37-15)46-25(29,30)31/h5-8,16-19H,3-4,9-10H2,1-2H3,(H,34,38)(H,35,39)(H,41,42)(H,43,44). The van der Waals surface area contributed by atoms with Crippen LogP contribution in [0.4, 0.5) is 26.3 Å². The number of hydrogen-bond donors (Lipinski definition) is 4. The molecule has 2 aromatic rings. The van der Waals surface area contributed by atoms with Crippen LogP contribution in [0.25, 0.3) is 0 Å². The predicted molar refractivity (Wildman–Crippen MR) is 153 cm³/mol. The minimum Gasteiger partial charge on any atom is -0.480 e. The number of aliphatic carboxylic acids is 2. The van der Waals surface area contributed by atoms with Crippen LogP contribution in [0.5, 0.6) is 11.8 Å². The molecule has 2 rings (SSSR count). The van der Waals surface area contributed by atoms with Gasteiger partial charge in [-0.05, 0) is 0 Å². The van der Waals surface area contributed by atoms with Gasteiger partial charge in [0, 0.05) is 50.6 Å². The summed E-state index contributed by atoms with van der Waals surface area (Å²) in [6.07, 6.45) is -8.25. The van der Waals surface area contributed by atoms with Crippen molar-refractivity contribution in [2.45, 2.75) is 62.0 Å². The zero-order chi connectivity index (χ0) is 36.2. The molecule has 4 N–H and O–H groups in total. The topological polar surface area (TPSA) is 220 Å². The Hall–Kier alpha value is -4.41. The minimum atomic E-state index is -5.16. The van der Waals surface area contributed by atoms with Crippen molar-refractivity contribution >= 4 is 53.1 Å². The number of Topliss-reactive ketones (excluding diaryl/α,β-unsaturated/α-hetero) is 1. The molecule has 4 atom stereocenters. The van der Waals surface area contributed by atoms with Crippen molar-refractivity contribution in [2.75, 3.05) is 11.5 Å². The molecule has 264 valence electrons. The van der Waals surface area contributed by atoms with Crippen LogP contribution in [0.2, 0.25) is 0 Å². The zero-order valence-electron chi connectivity index (χ0n) is 24.6. The fraction of sp³-hybridized carbons (Fsp3) is 0.480. The Morgan fingerprint density at radius 3 is 1.35 bits per heavy atom. The van der Waals surface area contributed by atoms with Gasteiger partial charge in [-0.3, -0.25) is 24.4 Å². The first-order chi connectivity index (χ1) is 22.2. The number of halogens is 6. The number of nitrogens with zero attached hydrogens (tertiary/aromatic N) is 4. The third-order valence-electron chi connectivity index (χ3n) is 5.47. The van der Waals surface area contributed by atoms with E-state index >= 15 is 0 Å². The number of carboxylic acids is 2. The molecule has 0 fully saturated rings. The van der Waals surface area contributed by atoms with Gasteiger partial charge in [-0.15, -0.1) is 49.9 Å². The average molecular weight is 733 g/mol. The van der Waals surface area contributed by atoms with E-state index in [4.69, 9.17) is 0 Å². The second-order valence-electron chi connectivity index (χ2n) is 9.43. The monoisotopic (exact) mass is 732 g/mol. The van der Waals surface area contributed by atoms with E-state index in [1.54, 1.807) is 0 Å². The number of alkyl halides is 6. The second kappa shape index (κ2) is 17.7. The maximum absolute atomic E-state index is 13.4. The molecule has 0 aliphatic heterocycles. The van der Waals surface area contributed by atoms with Crippen molar-refractivity contribution < 1.29 is 70.0 Å². The van der Waals surface area contributed by atoms with Gasteiger partial charge in [-0.25, -0.2) is 19.6 Å². The minimum absolute atomic E-state index is 0.261. The lowest BCUT2D eigenvalue weighted by atomic mass is 10.1. The molecule has 0 aliphatic carbocycles. The first kappa shape index (κ1) is 39.8. The van der Waals surface area contributed by atoms with E-state index in [0.29, 0.717) is 35.9 Å². The van der Waals surface area contributed by atoms with E-state index in [2.05, 4.69) is 40.0 Å². The summed E-state index contributed by atoms with van der Waals surface area (Å²) >= 11 is 1.42. The van der Waals surface area contributed by atoms with Gasteiger partial charge < -0.3 is 30.3 Å². The second-order valence-corrected chi connectivity index (χ2v) is 11.9. The first-order valence-corrected chi connectivity index (χ1v) is 15.2. The van der Waals surface area contributed by atoms with Crippen molar-refractivity contribution in [3.63, 3.8) is 0 Å². The molecule has 0 bridgehead atoms. The van der Waals surface area contributed by atoms with Crippen molar-refractivity contribution in [3.8, 4) is 11.8 Å². The van der Waals surface area contributed by atoms with Gasteiger partial charge in [-0.1, -0.05) is 0 Å². The number of ketones is 1. The fourth-order valence-corrected chi connectivity index (χ4v) is 6.11. The van der Waals surface area contributed by atoms with Crippen molar-refractivity contribution in [1.29, 1.82) is 0 Å². The Kier molecular flexibility index (Phi) is 14.6. The Morgan fingerprint density at radius 2 is 1.06 bits per heavy atom.